The Morgan fingerprint density at radius 1 is 1.41 bits per heavy atom. The summed E-state index contributed by atoms with van der Waals surface area (Å²) in [4.78, 5) is 25.1. The highest BCUT2D eigenvalue weighted by Crippen LogP contribution is 2.27. The molecule has 0 saturated heterocycles. The predicted molar refractivity (Wildman–Crippen MR) is 84.1 cm³/mol. The number of nitro groups is 1. The Hall–Kier alpha value is -2.41. The number of nitro benzene ring substituents is 1. The van der Waals surface area contributed by atoms with E-state index in [1.165, 1.54) is 11.0 Å². The van der Waals surface area contributed by atoms with Crippen LogP contribution in [-0.4, -0.2) is 29.4 Å². The van der Waals surface area contributed by atoms with E-state index in [0.29, 0.717) is 6.54 Å². The summed E-state index contributed by atoms with van der Waals surface area (Å²) in [5.41, 5.74) is 0.694. The monoisotopic (exact) mass is 320 g/mol. The standard InChI is InChI=1S/C15H16N2O4S/c1-11-5-6-13(17(19)20)14(8-11)21-10-15(18)16(2)9-12-4-3-7-22-12/h3-8H,9-10H2,1-2H3. The van der Waals surface area contributed by atoms with Crippen molar-refractivity contribution < 1.29 is 14.5 Å². The molecule has 116 valence electrons. The number of thiophene rings is 1. The first-order chi connectivity index (χ1) is 10.5. The van der Waals surface area contributed by atoms with Gasteiger partial charge in [0.2, 0.25) is 0 Å². The summed E-state index contributed by atoms with van der Waals surface area (Å²) in [6.07, 6.45) is 0. The second-order valence-electron chi connectivity index (χ2n) is 4.85. The van der Waals surface area contributed by atoms with E-state index in [0.717, 1.165) is 10.4 Å². The van der Waals surface area contributed by atoms with Gasteiger partial charge in [-0.2, -0.15) is 0 Å². The van der Waals surface area contributed by atoms with Crippen molar-refractivity contribution in [3.8, 4) is 5.75 Å². The fraction of sp³-hybridized carbons (Fsp3) is 0.267. The number of benzene rings is 1. The Morgan fingerprint density at radius 3 is 2.82 bits per heavy atom. The van der Waals surface area contributed by atoms with E-state index < -0.39 is 4.92 Å². The number of rotatable bonds is 6. The van der Waals surface area contributed by atoms with E-state index in [2.05, 4.69) is 0 Å². The number of amides is 1. The molecule has 1 heterocycles. The molecule has 1 aromatic carbocycles. The Labute approximate surface area is 132 Å². The van der Waals surface area contributed by atoms with E-state index in [1.54, 1.807) is 37.4 Å². The van der Waals surface area contributed by atoms with Crippen LogP contribution in [0.25, 0.3) is 0 Å². The zero-order valence-corrected chi connectivity index (χ0v) is 13.1. The third kappa shape index (κ3) is 4.05. The first kappa shape index (κ1) is 16.0. The molecular weight excluding hydrogens is 304 g/mol. The highest BCUT2D eigenvalue weighted by atomic mass is 32.1. The topological polar surface area (TPSA) is 72.7 Å². The van der Waals surface area contributed by atoms with E-state index in [4.69, 9.17) is 4.74 Å². The maximum atomic E-state index is 12.0. The second-order valence-corrected chi connectivity index (χ2v) is 5.88. The van der Waals surface area contributed by atoms with Crippen molar-refractivity contribution in [3.05, 3.63) is 56.3 Å². The molecule has 0 radical (unpaired) electrons. The smallest absolute Gasteiger partial charge is 0.310 e. The molecule has 22 heavy (non-hydrogen) atoms. The van der Waals surface area contributed by atoms with Gasteiger partial charge in [0, 0.05) is 18.0 Å². The number of carbonyl (C=O) groups is 1. The first-order valence-electron chi connectivity index (χ1n) is 6.61. The molecule has 2 aromatic rings. The van der Waals surface area contributed by atoms with Crippen LogP contribution in [0.4, 0.5) is 5.69 Å². The van der Waals surface area contributed by atoms with Crippen molar-refractivity contribution in [2.75, 3.05) is 13.7 Å². The summed E-state index contributed by atoms with van der Waals surface area (Å²) in [5, 5.41) is 12.9. The number of hydrogen-bond donors (Lipinski definition) is 0. The predicted octanol–water partition coefficient (Wildman–Crippen LogP) is 3.00. The molecule has 0 spiro atoms. The summed E-state index contributed by atoms with van der Waals surface area (Å²) < 4.78 is 5.35. The van der Waals surface area contributed by atoms with Gasteiger partial charge in [0.25, 0.3) is 5.91 Å². The van der Waals surface area contributed by atoms with Gasteiger partial charge < -0.3 is 9.64 Å². The normalized spacial score (nSPS) is 10.3. The minimum atomic E-state index is -0.519. The van der Waals surface area contributed by atoms with Gasteiger partial charge >= 0.3 is 5.69 Å². The minimum Gasteiger partial charge on any atom is -0.477 e. The highest BCUT2D eigenvalue weighted by molar-refractivity contribution is 7.09. The summed E-state index contributed by atoms with van der Waals surface area (Å²) in [6.45, 7) is 2.07. The molecule has 2 rings (SSSR count). The van der Waals surface area contributed by atoms with E-state index in [-0.39, 0.29) is 24.0 Å². The second kappa shape index (κ2) is 7.04. The molecule has 0 unspecified atom stereocenters. The lowest BCUT2D eigenvalue weighted by Gasteiger charge is -2.16. The number of nitrogens with zero attached hydrogens (tertiary/aromatic N) is 2. The molecule has 0 N–H and O–H groups in total. The summed E-state index contributed by atoms with van der Waals surface area (Å²) >= 11 is 1.57. The number of aryl methyl sites for hydroxylation is 1. The first-order valence-corrected chi connectivity index (χ1v) is 7.49. The summed E-state index contributed by atoms with van der Waals surface area (Å²) in [5.74, 6) is -0.118. The number of ether oxygens (including phenoxy) is 1. The van der Waals surface area contributed by atoms with Crippen molar-refractivity contribution in [3.63, 3.8) is 0 Å². The van der Waals surface area contributed by atoms with Crippen LogP contribution in [0.5, 0.6) is 5.75 Å². The fourth-order valence-electron chi connectivity index (χ4n) is 1.86. The van der Waals surface area contributed by atoms with Crippen molar-refractivity contribution in [1.29, 1.82) is 0 Å². The molecule has 0 aliphatic carbocycles. The molecule has 0 aliphatic heterocycles. The molecule has 1 amide bonds. The molecule has 0 bridgehead atoms. The third-order valence-corrected chi connectivity index (χ3v) is 3.92. The van der Waals surface area contributed by atoms with E-state index in [1.807, 2.05) is 17.5 Å². The van der Waals surface area contributed by atoms with Gasteiger partial charge in [-0.3, -0.25) is 14.9 Å². The molecule has 0 saturated carbocycles. The van der Waals surface area contributed by atoms with Crippen molar-refractivity contribution in [1.82, 2.24) is 4.90 Å². The number of hydrogen-bond acceptors (Lipinski definition) is 5. The van der Waals surface area contributed by atoms with Gasteiger partial charge in [0.05, 0.1) is 11.5 Å². The Bertz CT molecular complexity index is 670. The van der Waals surface area contributed by atoms with Crippen LogP contribution in [0.2, 0.25) is 0 Å². The van der Waals surface area contributed by atoms with Crippen LogP contribution in [0.3, 0.4) is 0 Å². The van der Waals surface area contributed by atoms with Crippen LogP contribution in [0.15, 0.2) is 35.7 Å². The van der Waals surface area contributed by atoms with Crippen molar-refractivity contribution in [2.24, 2.45) is 0 Å². The van der Waals surface area contributed by atoms with Gasteiger partial charge in [-0.05, 0) is 30.0 Å². The molecular formula is C15H16N2O4S. The minimum absolute atomic E-state index is 0.114. The fourth-order valence-corrected chi connectivity index (χ4v) is 2.62. The van der Waals surface area contributed by atoms with Gasteiger partial charge in [0.15, 0.2) is 12.4 Å². The van der Waals surface area contributed by atoms with Crippen LogP contribution < -0.4 is 4.74 Å². The van der Waals surface area contributed by atoms with Crippen LogP contribution >= 0.6 is 11.3 Å². The SMILES string of the molecule is Cc1ccc([N+](=O)[O-])c(OCC(=O)N(C)Cc2cccs2)c1. The molecule has 0 aliphatic rings. The highest BCUT2D eigenvalue weighted by Gasteiger charge is 2.17. The molecule has 7 heteroatoms. The van der Waals surface area contributed by atoms with E-state index in [9.17, 15) is 14.9 Å². The van der Waals surface area contributed by atoms with Crippen LogP contribution in [0.1, 0.15) is 10.4 Å². The average molecular weight is 320 g/mol. The van der Waals surface area contributed by atoms with Crippen molar-refractivity contribution >= 4 is 22.9 Å². The lowest BCUT2D eigenvalue weighted by atomic mass is 10.2. The Morgan fingerprint density at radius 2 is 2.18 bits per heavy atom. The lowest BCUT2D eigenvalue weighted by molar-refractivity contribution is -0.385. The van der Waals surface area contributed by atoms with E-state index >= 15 is 0 Å². The number of likely N-dealkylation sites (N-methyl/N-ethyl adjacent to an activating group) is 1. The van der Waals surface area contributed by atoms with Gasteiger partial charge in [-0.15, -0.1) is 11.3 Å². The maximum absolute atomic E-state index is 12.0. The molecule has 6 nitrogen and oxygen atoms in total. The van der Waals surface area contributed by atoms with Gasteiger partial charge in [-0.25, -0.2) is 0 Å². The third-order valence-electron chi connectivity index (χ3n) is 3.06. The molecule has 0 fully saturated rings. The molecule has 0 atom stereocenters. The number of carbonyl (C=O) groups excluding carboxylic acids is 1. The zero-order chi connectivity index (χ0) is 16.1. The van der Waals surface area contributed by atoms with Gasteiger partial charge in [-0.1, -0.05) is 12.1 Å². The molecule has 1 aromatic heterocycles. The van der Waals surface area contributed by atoms with Crippen molar-refractivity contribution in [2.45, 2.75) is 13.5 Å². The van der Waals surface area contributed by atoms with Crippen LogP contribution in [0, 0.1) is 17.0 Å². The zero-order valence-electron chi connectivity index (χ0n) is 12.3. The quantitative estimate of drug-likeness (QED) is 0.606. The largest absolute Gasteiger partial charge is 0.477 e. The maximum Gasteiger partial charge on any atom is 0.310 e. The van der Waals surface area contributed by atoms with Crippen LogP contribution in [-0.2, 0) is 11.3 Å². The van der Waals surface area contributed by atoms with Gasteiger partial charge in [0.1, 0.15) is 0 Å². The Kier molecular flexibility index (Phi) is 5.11. The lowest BCUT2D eigenvalue weighted by Crippen LogP contribution is -2.30. The summed E-state index contributed by atoms with van der Waals surface area (Å²) in [7, 11) is 1.68. The Balaban J connectivity index is 1.98. The average Bonchev–Trinajstić information content (AvgIpc) is 2.97. The summed E-state index contributed by atoms with van der Waals surface area (Å²) in [6, 6.07) is 8.44.